The number of nitrogens with two attached hydrogens (primary N) is 1. The molecule has 0 aliphatic heterocycles. The lowest BCUT2D eigenvalue weighted by molar-refractivity contribution is -0.126. The Morgan fingerprint density at radius 1 is 1.17 bits per heavy atom. The third-order valence-electron chi connectivity index (χ3n) is 3.89. The number of rotatable bonds is 6. The van der Waals surface area contributed by atoms with Crippen LogP contribution in [-0.4, -0.2) is 30.9 Å². The second-order valence-corrected chi connectivity index (χ2v) is 5.42. The molecule has 2 aliphatic rings. The Kier molecular flexibility index (Phi) is 4.58. The summed E-state index contributed by atoms with van der Waals surface area (Å²) in [6, 6.07) is 0.393. The third kappa shape index (κ3) is 3.70. The summed E-state index contributed by atoms with van der Waals surface area (Å²) in [5.74, 6) is 0.494. The highest BCUT2D eigenvalue weighted by Gasteiger charge is 2.31. The van der Waals surface area contributed by atoms with Crippen molar-refractivity contribution in [2.45, 2.75) is 44.6 Å². The summed E-state index contributed by atoms with van der Waals surface area (Å²) < 4.78 is 0. The Morgan fingerprint density at radius 3 is 2.61 bits per heavy atom. The van der Waals surface area contributed by atoms with E-state index in [0.29, 0.717) is 31.5 Å². The van der Waals surface area contributed by atoms with E-state index in [9.17, 15) is 9.59 Å². The van der Waals surface area contributed by atoms with Gasteiger partial charge in [-0.05, 0) is 38.1 Å². The normalized spacial score (nSPS) is 26.9. The van der Waals surface area contributed by atoms with Crippen molar-refractivity contribution in [2.75, 3.05) is 13.1 Å². The molecule has 0 aromatic carbocycles. The van der Waals surface area contributed by atoms with Crippen molar-refractivity contribution in [3.8, 4) is 0 Å². The van der Waals surface area contributed by atoms with Crippen LogP contribution in [0.1, 0.15) is 38.5 Å². The van der Waals surface area contributed by atoms with E-state index in [1.54, 1.807) is 0 Å². The van der Waals surface area contributed by atoms with Gasteiger partial charge in [-0.3, -0.25) is 9.59 Å². The lowest BCUT2D eigenvalue weighted by atomic mass is 9.95. The van der Waals surface area contributed by atoms with Gasteiger partial charge >= 0.3 is 0 Å². The van der Waals surface area contributed by atoms with Gasteiger partial charge in [0.1, 0.15) is 0 Å². The van der Waals surface area contributed by atoms with Crippen molar-refractivity contribution in [3.05, 3.63) is 0 Å². The zero-order chi connectivity index (χ0) is 13.0. The maximum absolute atomic E-state index is 11.9. The van der Waals surface area contributed by atoms with Crippen LogP contribution in [0.25, 0.3) is 0 Å². The fraction of sp³-hybridized carbons (Fsp3) is 0.846. The average Bonchev–Trinajstić information content (AvgIpc) is 3.02. The topological polar surface area (TPSA) is 84.2 Å². The molecule has 2 atom stereocenters. The van der Waals surface area contributed by atoms with Crippen molar-refractivity contribution >= 4 is 11.8 Å². The highest BCUT2D eigenvalue weighted by molar-refractivity contribution is 5.81. The molecule has 2 rings (SSSR count). The van der Waals surface area contributed by atoms with Crippen molar-refractivity contribution in [1.29, 1.82) is 0 Å². The number of hydrogen-bond donors (Lipinski definition) is 3. The van der Waals surface area contributed by atoms with E-state index in [-0.39, 0.29) is 17.7 Å². The minimum atomic E-state index is 0.0413. The van der Waals surface area contributed by atoms with Gasteiger partial charge in [-0.15, -0.1) is 0 Å². The predicted molar refractivity (Wildman–Crippen MR) is 68.7 cm³/mol. The lowest BCUT2D eigenvalue weighted by Crippen LogP contribution is -2.37. The fourth-order valence-corrected chi connectivity index (χ4v) is 2.62. The molecule has 2 amide bonds. The summed E-state index contributed by atoms with van der Waals surface area (Å²) in [5.41, 5.74) is 5.66. The Hall–Kier alpha value is -1.10. The van der Waals surface area contributed by atoms with Crippen molar-refractivity contribution in [1.82, 2.24) is 10.6 Å². The molecule has 0 bridgehead atoms. The highest BCUT2D eigenvalue weighted by atomic mass is 16.2. The van der Waals surface area contributed by atoms with Crippen LogP contribution in [0.4, 0.5) is 0 Å². The highest BCUT2D eigenvalue weighted by Crippen LogP contribution is 2.30. The van der Waals surface area contributed by atoms with Crippen LogP contribution in [0.2, 0.25) is 0 Å². The zero-order valence-electron chi connectivity index (χ0n) is 10.8. The molecule has 0 saturated heterocycles. The van der Waals surface area contributed by atoms with Crippen LogP contribution in [-0.2, 0) is 9.59 Å². The molecule has 2 fully saturated rings. The smallest absolute Gasteiger partial charge is 0.223 e. The van der Waals surface area contributed by atoms with Crippen LogP contribution >= 0.6 is 0 Å². The first kappa shape index (κ1) is 13.3. The molecule has 0 aromatic rings. The molecule has 4 N–H and O–H groups in total. The van der Waals surface area contributed by atoms with Gasteiger partial charge in [0.15, 0.2) is 0 Å². The molecule has 0 spiro atoms. The van der Waals surface area contributed by atoms with Gasteiger partial charge in [0.25, 0.3) is 0 Å². The minimum Gasteiger partial charge on any atom is -0.355 e. The Bertz CT molecular complexity index is 315. The largest absolute Gasteiger partial charge is 0.355 e. The van der Waals surface area contributed by atoms with E-state index in [4.69, 9.17) is 5.73 Å². The van der Waals surface area contributed by atoms with E-state index in [1.165, 1.54) is 0 Å². The fourth-order valence-electron chi connectivity index (χ4n) is 2.62. The van der Waals surface area contributed by atoms with Crippen LogP contribution < -0.4 is 16.4 Å². The number of nitrogens with one attached hydrogen (secondary N) is 2. The SMILES string of the molecule is NCC1CCCC1C(=O)NCCC(=O)NC1CC1. The molecule has 2 saturated carbocycles. The summed E-state index contributed by atoms with van der Waals surface area (Å²) in [5, 5.41) is 5.76. The molecular weight excluding hydrogens is 230 g/mol. The molecule has 0 aromatic heterocycles. The molecule has 18 heavy (non-hydrogen) atoms. The molecule has 2 aliphatic carbocycles. The summed E-state index contributed by atoms with van der Waals surface area (Å²) in [7, 11) is 0. The van der Waals surface area contributed by atoms with Crippen LogP contribution in [0, 0.1) is 11.8 Å². The number of carbonyl (C=O) groups is 2. The van der Waals surface area contributed by atoms with E-state index < -0.39 is 0 Å². The maximum atomic E-state index is 11.9. The Balaban J connectivity index is 1.63. The van der Waals surface area contributed by atoms with E-state index >= 15 is 0 Å². The van der Waals surface area contributed by atoms with Crippen LogP contribution in [0.3, 0.4) is 0 Å². The lowest BCUT2D eigenvalue weighted by Gasteiger charge is -2.17. The average molecular weight is 253 g/mol. The molecule has 5 heteroatoms. The van der Waals surface area contributed by atoms with Gasteiger partial charge in [0.2, 0.25) is 11.8 Å². The van der Waals surface area contributed by atoms with E-state index in [0.717, 1.165) is 32.1 Å². The first-order valence-corrected chi connectivity index (χ1v) is 6.98. The molecule has 2 unspecified atom stereocenters. The zero-order valence-corrected chi connectivity index (χ0v) is 10.8. The van der Waals surface area contributed by atoms with Crippen molar-refractivity contribution < 1.29 is 9.59 Å². The van der Waals surface area contributed by atoms with Crippen molar-refractivity contribution in [3.63, 3.8) is 0 Å². The quantitative estimate of drug-likeness (QED) is 0.630. The first-order valence-electron chi connectivity index (χ1n) is 6.98. The number of amides is 2. The maximum Gasteiger partial charge on any atom is 0.223 e. The first-order chi connectivity index (χ1) is 8.70. The monoisotopic (exact) mass is 253 g/mol. The molecular formula is C13H23N3O2. The van der Waals surface area contributed by atoms with Gasteiger partial charge < -0.3 is 16.4 Å². The van der Waals surface area contributed by atoms with Gasteiger partial charge in [0.05, 0.1) is 0 Å². The molecule has 0 radical (unpaired) electrons. The predicted octanol–water partition coefficient (Wildman–Crippen LogP) is 0.146. The number of carbonyl (C=O) groups excluding carboxylic acids is 2. The van der Waals surface area contributed by atoms with Gasteiger partial charge in [-0.25, -0.2) is 0 Å². The molecule has 102 valence electrons. The Morgan fingerprint density at radius 2 is 1.94 bits per heavy atom. The standard InChI is InChI=1S/C13H23N3O2/c14-8-9-2-1-3-11(9)13(18)15-7-6-12(17)16-10-4-5-10/h9-11H,1-8,14H2,(H,15,18)(H,16,17). The minimum absolute atomic E-state index is 0.0413. The molecule has 5 nitrogen and oxygen atoms in total. The summed E-state index contributed by atoms with van der Waals surface area (Å²) in [6.45, 7) is 1.02. The van der Waals surface area contributed by atoms with E-state index in [1.807, 2.05) is 0 Å². The van der Waals surface area contributed by atoms with E-state index in [2.05, 4.69) is 10.6 Å². The third-order valence-corrected chi connectivity index (χ3v) is 3.89. The second kappa shape index (κ2) is 6.18. The van der Waals surface area contributed by atoms with Crippen LogP contribution in [0.15, 0.2) is 0 Å². The number of hydrogen-bond acceptors (Lipinski definition) is 3. The summed E-state index contributed by atoms with van der Waals surface area (Å²) >= 11 is 0. The second-order valence-electron chi connectivity index (χ2n) is 5.42. The molecule has 0 heterocycles. The van der Waals surface area contributed by atoms with Crippen molar-refractivity contribution in [2.24, 2.45) is 17.6 Å². The summed E-state index contributed by atoms with van der Waals surface area (Å²) in [6.07, 6.45) is 5.64. The van der Waals surface area contributed by atoms with Gasteiger partial charge in [0, 0.05) is 24.9 Å². The van der Waals surface area contributed by atoms with Crippen LogP contribution in [0.5, 0.6) is 0 Å². The summed E-state index contributed by atoms with van der Waals surface area (Å²) in [4.78, 5) is 23.4. The van der Waals surface area contributed by atoms with Gasteiger partial charge in [-0.2, -0.15) is 0 Å². The Labute approximate surface area is 108 Å². The van der Waals surface area contributed by atoms with Gasteiger partial charge in [-0.1, -0.05) is 6.42 Å².